The Morgan fingerprint density at radius 1 is 1.06 bits per heavy atom. The second kappa shape index (κ2) is 11.0. The van der Waals surface area contributed by atoms with E-state index in [1.165, 1.54) is 0 Å². The Labute approximate surface area is 209 Å². The molecule has 2 N–H and O–H groups in total. The van der Waals surface area contributed by atoms with E-state index in [1.807, 2.05) is 45.0 Å². The molecule has 0 atom stereocenters. The SMILES string of the molecule is CCOc1ccc(OCC)c(N=c2oc3c(C)ncc(CO)c3cc2C(=O)Nc2ccc(C)cc2)c1. The van der Waals surface area contributed by atoms with Gasteiger partial charge in [-0.05, 0) is 58.0 Å². The lowest BCUT2D eigenvalue weighted by Gasteiger charge is -2.12. The number of aliphatic hydroxyl groups is 1. The maximum Gasteiger partial charge on any atom is 0.261 e. The van der Waals surface area contributed by atoms with Crippen molar-refractivity contribution in [3.05, 3.63) is 82.7 Å². The van der Waals surface area contributed by atoms with Gasteiger partial charge in [-0.3, -0.25) is 9.78 Å². The molecule has 0 unspecified atom stereocenters. The molecule has 0 fully saturated rings. The number of ether oxygens (including phenoxy) is 2. The van der Waals surface area contributed by atoms with Crippen molar-refractivity contribution in [3.8, 4) is 11.5 Å². The third kappa shape index (κ3) is 5.39. The monoisotopic (exact) mass is 487 g/mol. The summed E-state index contributed by atoms with van der Waals surface area (Å²) >= 11 is 0. The number of amides is 1. The van der Waals surface area contributed by atoms with Gasteiger partial charge in [0.05, 0.1) is 25.5 Å². The number of carbonyl (C=O) groups excluding carboxylic acids is 1. The number of aromatic nitrogens is 1. The summed E-state index contributed by atoms with van der Waals surface area (Å²) in [5.74, 6) is 0.743. The van der Waals surface area contributed by atoms with E-state index in [2.05, 4.69) is 10.3 Å². The number of hydrogen-bond acceptors (Lipinski definition) is 7. The standard InChI is InChI=1S/C28H29N3O5/c1-5-34-21-11-12-25(35-6-2)24(13-21)31-28-23(27(33)30-20-9-7-17(3)8-10-20)14-22-19(16-32)15-29-18(4)26(22)36-28/h7-15,32H,5-6,16H2,1-4H3,(H,30,33). The topological polar surface area (TPSA) is 106 Å². The third-order valence-electron chi connectivity index (χ3n) is 5.54. The summed E-state index contributed by atoms with van der Waals surface area (Å²) in [5, 5.41) is 13.4. The minimum atomic E-state index is -0.402. The Hall–Kier alpha value is -4.17. The van der Waals surface area contributed by atoms with Crippen LogP contribution in [0.5, 0.6) is 11.5 Å². The van der Waals surface area contributed by atoms with Crippen LogP contribution in [0.2, 0.25) is 0 Å². The molecule has 0 radical (unpaired) electrons. The largest absolute Gasteiger partial charge is 0.494 e. The Bertz CT molecular complexity index is 1460. The molecule has 2 aromatic heterocycles. The van der Waals surface area contributed by atoms with E-state index in [4.69, 9.17) is 18.9 Å². The van der Waals surface area contributed by atoms with Crippen molar-refractivity contribution < 1.29 is 23.8 Å². The first-order valence-electron chi connectivity index (χ1n) is 11.8. The van der Waals surface area contributed by atoms with Crippen LogP contribution in [-0.4, -0.2) is 29.2 Å². The molecule has 2 heterocycles. The number of fused-ring (bicyclic) bond motifs is 1. The summed E-state index contributed by atoms with van der Waals surface area (Å²) in [5.41, 5.74) is 4.05. The molecular formula is C28H29N3O5. The average Bonchev–Trinajstić information content (AvgIpc) is 2.87. The molecule has 8 nitrogen and oxygen atoms in total. The normalized spacial score (nSPS) is 11.5. The Kier molecular flexibility index (Phi) is 7.65. The number of anilines is 1. The highest BCUT2D eigenvalue weighted by Gasteiger charge is 2.17. The maximum absolute atomic E-state index is 13.5. The van der Waals surface area contributed by atoms with Crippen LogP contribution >= 0.6 is 0 Å². The van der Waals surface area contributed by atoms with E-state index in [0.29, 0.717) is 58.3 Å². The molecule has 36 heavy (non-hydrogen) atoms. The molecule has 4 rings (SSSR count). The first-order valence-corrected chi connectivity index (χ1v) is 11.8. The van der Waals surface area contributed by atoms with Crippen molar-refractivity contribution in [2.24, 2.45) is 4.99 Å². The first-order chi connectivity index (χ1) is 17.4. The number of aliphatic hydroxyl groups excluding tert-OH is 1. The fourth-order valence-corrected chi connectivity index (χ4v) is 3.72. The van der Waals surface area contributed by atoms with Gasteiger partial charge in [-0.2, -0.15) is 0 Å². The van der Waals surface area contributed by atoms with Crippen LogP contribution in [0.25, 0.3) is 11.0 Å². The number of hydrogen-bond donors (Lipinski definition) is 2. The van der Waals surface area contributed by atoms with Gasteiger partial charge in [0.1, 0.15) is 22.7 Å². The summed E-state index contributed by atoms with van der Waals surface area (Å²) < 4.78 is 17.6. The number of aryl methyl sites for hydroxylation is 2. The second-order valence-corrected chi connectivity index (χ2v) is 8.16. The molecule has 1 amide bonds. The van der Waals surface area contributed by atoms with Gasteiger partial charge in [0, 0.05) is 28.9 Å². The summed E-state index contributed by atoms with van der Waals surface area (Å²) in [6, 6.07) is 14.5. The summed E-state index contributed by atoms with van der Waals surface area (Å²) in [7, 11) is 0. The predicted octanol–water partition coefficient (Wildman–Crippen LogP) is 5.22. The number of nitrogens with zero attached hydrogens (tertiary/aromatic N) is 2. The van der Waals surface area contributed by atoms with E-state index in [-0.39, 0.29) is 17.7 Å². The fraction of sp³-hybridized carbons (Fsp3) is 0.250. The number of rotatable bonds is 8. The molecule has 8 heteroatoms. The van der Waals surface area contributed by atoms with Gasteiger partial charge in [-0.25, -0.2) is 4.99 Å². The molecule has 0 saturated heterocycles. The van der Waals surface area contributed by atoms with E-state index in [1.54, 1.807) is 37.4 Å². The molecule has 2 aromatic carbocycles. The van der Waals surface area contributed by atoms with Crippen LogP contribution in [0.1, 0.15) is 41.0 Å². The Morgan fingerprint density at radius 2 is 1.81 bits per heavy atom. The van der Waals surface area contributed by atoms with Crippen molar-refractivity contribution in [3.63, 3.8) is 0 Å². The molecule has 4 aromatic rings. The molecule has 186 valence electrons. The summed E-state index contributed by atoms with van der Waals surface area (Å²) in [6.07, 6.45) is 1.57. The highest BCUT2D eigenvalue weighted by molar-refractivity contribution is 6.05. The van der Waals surface area contributed by atoms with Gasteiger partial charge >= 0.3 is 0 Å². The van der Waals surface area contributed by atoms with Gasteiger partial charge in [0.25, 0.3) is 5.91 Å². The quantitative estimate of drug-likeness (QED) is 0.353. The van der Waals surface area contributed by atoms with Crippen molar-refractivity contribution in [1.29, 1.82) is 0 Å². The molecule has 0 aliphatic heterocycles. The maximum atomic E-state index is 13.5. The van der Waals surface area contributed by atoms with Crippen molar-refractivity contribution in [2.75, 3.05) is 18.5 Å². The molecule has 0 spiro atoms. The van der Waals surface area contributed by atoms with Crippen molar-refractivity contribution in [2.45, 2.75) is 34.3 Å². The minimum absolute atomic E-state index is 0.0849. The van der Waals surface area contributed by atoms with Crippen LogP contribution in [0.15, 0.2) is 64.1 Å². The van der Waals surface area contributed by atoms with Gasteiger partial charge < -0.3 is 24.3 Å². The number of benzene rings is 2. The summed E-state index contributed by atoms with van der Waals surface area (Å²) in [6.45, 7) is 8.23. The van der Waals surface area contributed by atoms with Crippen LogP contribution in [0.4, 0.5) is 11.4 Å². The zero-order valence-electron chi connectivity index (χ0n) is 20.8. The number of carbonyl (C=O) groups is 1. The smallest absolute Gasteiger partial charge is 0.261 e. The van der Waals surface area contributed by atoms with E-state index in [9.17, 15) is 9.90 Å². The fourth-order valence-electron chi connectivity index (χ4n) is 3.72. The zero-order valence-corrected chi connectivity index (χ0v) is 20.8. The van der Waals surface area contributed by atoms with Crippen LogP contribution in [0.3, 0.4) is 0 Å². The highest BCUT2D eigenvalue weighted by Crippen LogP contribution is 2.32. The average molecular weight is 488 g/mol. The second-order valence-electron chi connectivity index (χ2n) is 8.16. The lowest BCUT2D eigenvalue weighted by atomic mass is 10.1. The molecule has 0 aliphatic carbocycles. The summed E-state index contributed by atoms with van der Waals surface area (Å²) in [4.78, 5) is 22.5. The molecule has 0 saturated carbocycles. The van der Waals surface area contributed by atoms with Gasteiger partial charge in [-0.15, -0.1) is 0 Å². The van der Waals surface area contributed by atoms with Gasteiger partial charge in [0.2, 0.25) is 5.55 Å². The van der Waals surface area contributed by atoms with Crippen LogP contribution in [0, 0.1) is 13.8 Å². The zero-order chi connectivity index (χ0) is 25.7. The highest BCUT2D eigenvalue weighted by atomic mass is 16.5. The van der Waals surface area contributed by atoms with Crippen molar-refractivity contribution >= 4 is 28.3 Å². The van der Waals surface area contributed by atoms with E-state index in [0.717, 1.165) is 5.56 Å². The molecule has 0 aliphatic rings. The van der Waals surface area contributed by atoms with E-state index < -0.39 is 5.91 Å². The third-order valence-corrected chi connectivity index (χ3v) is 5.54. The van der Waals surface area contributed by atoms with Crippen LogP contribution < -0.4 is 20.3 Å². The molecule has 0 bridgehead atoms. The lowest BCUT2D eigenvalue weighted by Crippen LogP contribution is -2.22. The first kappa shape index (κ1) is 24.9. The van der Waals surface area contributed by atoms with Gasteiger partial charge in [-0.1, -0.05) is 17.7 Å². The Balaban J connectivity index is 1.94. The Morgan fingerprint density at radius 3 is 2.50 bits per heavy atom. The van der Waals surface area contributed by atoms with Crippen molar-refractivity contribution in [1.82, 2.24) is 4.98 Å². The molecular weight excluding hydrogens is 458 g/mol. The predicted molar refractivity (Wildman–Crippen MR) is 138 cm³/mol. The number of nitrogens with one attached hydrogen (secondary N) is 1. The lowest BCUT2D eigenvalue weighted by molar-refractivity contribution is 0.102. The van der Waals surface area contributed by atoms with Crippen LogP contribution in [-0.2, 0) is 6.61 Å². The van der Waals surface area contributed by atoms with E-state index >= 15 is 0 Å². The number of pyridine rings is 1. The van der Waals surface area contributed by atoms with Gasteiger partial charge in [0.15, 0.2) is 5.58 Å². The minimum Gasteiger partial charge on any atom is -0.494 e.